The summed E-state index contributed by atoms with van der Waals surface area (Å²) in [5.74, 6) is -0.942. The lowest BCUT2D eigenvalue weighted by atomic mass is 10.2. The van der Waals surface area contributed by atoms with Gasteiger partial charge in [0.25, 0.3) is 0 Å². The highest BCUT2D eigenvalue weighted by Crippen LogP contribution is 2.29. The second-order valence-corrected chi connectivity index (χ2v) is 4.30. The molecule has 90 valence electrons. The van der Waals surface area contributed by atoms with Gasteiger partial charge in [-0.1, -0.05) is 28.1 Å². The maximum Gasteiger partial charge on any atom is 0.451 e. The zero-order chi connectivity index (χ0) is 12.6. The summed E-state index contributed by atoms with van der Waals surface area (Å²) in [5.41, 5.74) is 0.541. The van der Waals surface area contributed by atoms with Crippen LogP contribution in [0.5, 0.6) is 0 Å². The van der Waals surface area contributed by atoms with Crippen molar-refractivity contribution in [2.45, 2.75) is 6.18 Å². The smallest absolute Gasteiger partial charge is 0.245 e. The Morgan fingerprint density at radius 2 is 1.76 bits per heavy atom. The van der Waals surface area contributed by atoms with Crippen molar-refractivity contribution >= 4 is 15.9 Å². The largest absolute Gasteiger partial charge is 0.451 e. The summed E-state index contributed by atoms with van der Waals surface area (Å²) in [4.78, 5) is 3.49. The van der Waals surface area contributed by atoms with Crippen LogP contribution in [0.4, 0.5) is 13.2 Å². The van der Waals surface area contributed by atoms with E-state index in [4.69, 9.17) is 0 Å². The molecule has 2 aromatic rings. The van der Waals surface area contributed by atoms with Crippen LogP contribution in [0, 0.1) is 0 Å². The molecule has 1 heterocycles. The molecule has 0 aliphatic rings. The Labute approximate surface area is 103 Å². The zero-order valence-electron chi connectivity index (χ0n) is 8.66. The summed E-state index contributed by atoms with van der Waals surface area (Å²) >= 11 is 3.24. The molecular formula is C10H7BrF3N3. The lowest BCUT2D eigenvalue weighted by Crippen LogP contribution is -2.13. The van der Waals surface area contributed by atoms with E-state index >= 15 is 0 Å². The van der Waals surface area contributed by atoms with Crippen LogP contribution in [-0.4, -0.2) is 14.8 Å². The van der Waals surface area contributed by atoms with Crippen molar-refractivity contribution in [2.24, 2.45) is 7.05 Å². The van der Waals surface area contributed by atoms with Crippen LogP contribution >= 0.6 is 15.9 Å². The van der Waals surface area contributed by atoms with E-state index in [1.165, 1.54) is 7.05 Å². The van der Waals surface area contributed by atoms with Crippen LogP contribution in [0.2, 0.25) is 0 Å². The van der Waals surface area contributed by atoms with Crippen molar-refractivity contribution < 1.29 is 13.2 Å². The topological polar surface area (TPSA) is 30.7 Å². The number of hydrogen-bond donors (Lipinski definition) is 0. The van der Waals surface area contributed by atoms with Crippen molar-refractivity contribution in [1.29, 1.82) is 0 Å². The molecule has 1 aromatic heterocycles. The first kappa shape index (κ1) is 12.1. The number of aromatic nitrogens is 3. The van der Waals surface area contributed by atoms with Crippen LogP contribution in [0.3, 0.4) is 0 Å². The van der Waals surface area contributed by atoms with E-state index in [2.05, 4.69) is 26.0 Å². The van der Waals surface area contributed by atoms with Gasteiger partial charge in [0.05, 0.1) is 0 Å². The first-order chi connectivity index (χ1) is 7.88. The van der Waals surface area contributed by atoms with Gasteiger partial charge < -0.3 is 0 Å². The number of alkyl halides is 3. The molecule has 7 heteroatoms. The Bertz CT molecular complexity index is 531. The van der Waals surface area contributed by atoms with Gasteiger partial charge in [-0.05, 0) is 12.1 Å². The molecule has 0 N–H and O–H groups in total. The molecule has 17 heavy (non-hydrogen) atoms. The minimum atomic E-state index is -4.49. The maximum atomic E-state index is 12.5. The van der Waals surface area contributed by atoms with Gasteiger partial charge in [-0.2, -0.15) is 18.3 Å². The predicted octanol–water partition coefficient (Wildman–Crippen LogP) is 3.26. The fraction of sp³-hybridized carbons (Fsp3) is 0.200. The minimum absolute atomic E-state index is 0.0623. The highest BCUT2D eigenvalue weighted by molar-refractivity contribution is 9.10. The molecule has 0 aliphatic heterocycles. The zero-order valence-corrected chi connectivity index (χ0v) is 10.2. The van der Waals surface area contributed by atoms with Crippen molar-refractivity contribution in [2.75, 3.05) is 0 Å². The standard InChI is InChI=1S/C10H7BrF3N3/c1-17-9(10(12,13)14)15-8(16-17)6-2-4-7(11)5-3-6/h2-5H,1H3. The van der Waals surface area contributed by atoms with Crippen molar-refractivity contribution in [1.82, 2.24) is 14.8 Å². The van der Waals surface area contributed by atoms with Crippen molar-refractivity contribution in [3.8, 4) is 11.4 Å². The minimum Gasteiger partial charge on any atom is -0.245 e. The molecule has 0 fully saturated rings. The number of nitrogens with zero attached hydrogens (tertiary/aromatic N) is 3. The average molecular weight is 306 g/mol. The first-order valence-corrected chi connectivity index (χ1v) is 5.41. The Morgan fingerprint density at radius 1 is 1.18 bits per heavy atom. The average Bonchev–Trinajstić information content (AvgIpc) is 2.61. The van der Waals surface area contributed by atoms with E-state index in [0.29, 0.717) is 5.56 Å². The van der Waals surface area contributed by atoms with Crippen LogP contribution < -0.4 is 0 Å². The van der Waals surface area contributed by atoms with Gasteiger partial charge >= 0.3 is 6.18 Å². The summed E-state index contributed by atoms with van der Waals surface area (Å²) < 4.78 is 39.1. The van der Waals surface area contributed by atoms with E-state index in [1.54, 1.807) is 24.3 Å². The lowest BCUT2D eigenvalue weighted by Gasteiger charge is -2.02. The molecule has 1 aromatic carbocycles. The third-order valence-electron chi connectivity index (χ3n) is 2.12. The van der Waals surface area contributed by atoms with E-state index in [-0.39, 0.29) is 5.82 Å². The molecule has 0 spiro atoms. The summed E-state index contributed by atoms with van der Waals surface area (Å²) in [5, 5.41) is 3.75. The van der Waals surface area contributed by atoms with Crippen LogP contribution in [-0.2, 0) is 13.2 Å². The van der Waals surface area contributed by atoms with E-state index in [0.717, 1.165) is 9.15 Å². The molecule has 0 saturated carbocycles. The Morgan fingerprint density at radius 3 is 2.24 bits per heavy atom. The Balaban J connectivity index is 2.45. The molecule has 2 rings (SSSR count). The molecule has 0 saturated heterocycles. The van der Waals surface area contributed by atoms with Gasteiger partial charge in [0.15, 0.2) is 5.82 Å². The fourth-order valence-electron chi connectivity index (χ4n) is 1.35. The van der Waals surface area contributed by atoms with E-state index in [1.807, 2.05) is 0 Å². The lowest BCUT2D eigenvalue weighted by molar-refractivity contribution is -0.147. The Kier molecular flexibility index (Phi) is 2.94. The Hall–Kier alpha value is -1.37. The number of benzene rings is 1. The summed E-state index contributed by atoms with van der Waals surface area (Å²) in [6.07, 6.45) is -4.49. The van der Waals surface area contributed by atoms with Crippen molar-refractivity contribution in [3.05, 3.63) is 34.6 Å². The third-order valence-corrected chi connectivity index (χ3v) is 2.65. The highest BCUT2D eigenvalue weighted by Gasteiger charge is 2.37. The number of hydrogen-bond acceptors (Lipinski definition) is 2. The molecule has 3 nitrogen and oxygen atoms in total. The number of aryl methyl sites for hydroxylation is 1. The quantitative estimate of drug-likeness (QED) is 0.809. The normalized spacial score (nSPS) is 11.8. The molecule has 0 amide bonds. The number of rotatable bonds is 1. The third kappa shape index (κ3) is 2.49. The second kappa shape index (κ2) is 4.14. The van der Waals surface area contributed by atoms with Crippen LogP contribution in [0.15, 0.2) is 28.7 Å². The SMILES string of the molecule is Cn1nc(-c2ccc(Br)cc2)nc1C(F)(F)F. The van der Waals surface area contributed by atoms with Crippen LogP contribution in [0.25, 0.3) is 11.4 Å². The molecule has 0 radical (unpaired) electrons. The number of halogens is 4. The maximum absolute atomic E-state index is 12.5. The molecular weight excluding hydrogens is 299 g/mol. The van der Waals surface area contributed by atoms with E-state index in [9.17, 15) is 13.2 Å². The molecule has 0 unspecified atom stereocenters. The summed E-state index contributed by atoms with van der Waals surface area (Å²) in [6.45, 7) is 0. The van der Waals surface area contributed by atoms with E-state index < -0.39 is 12.0 Å². The molecule has 0 aliphatic carbocycles. The van der Waals surface area contributed by atoms with Crippen molar-refractivity contribution in [3.63, 3.8) is 0 Å². The summed E-state index contributed by atoms with van der Waals surface area (Å²) in [6, 6.07) is 6.75. The van der Waals surface area contributed by atoms with Gasteiger partial charge in [0.2, 0.25) is 5.82 Å². The van der Waals surface area contributed by atoms with Crippen LogP contribution in [0.1, 0.15) is 5.82 Å². The second-order valence-electron chi connectivity index (χ2n) is 3.39. The fourth-order valence-corrected chi connectivity index (χ4v) is 1.62. The summed E-state index contributed by atoms with van der Waals surface area (Å²) in [7, 11) is 1.22. The highest BCUT2D eigenvalue weighted by atomic mass is 79.9. The van der Waals surface area contributed by atoms with Gasteiger partial charge in [0.1, 0.15) is 0 Å². The molecule has 0 atom stereocenters. The monoisotopic (exact) mass is 305 g/mol. The van der Waals surface area contributed by atoms with Gasteiger partial charge in [-0.3, -0.25) is 0 Å². The predicted molar refractivity (Wildman–Crippen MR) is 59.1 cm³/mol. The van der Waals surface area contributed by atoms with Gasteiger partial charge in [0, 0.05) is 17.1 Å². The first-order valence-electron chi connectivity index (χ1n) is 4.62. The van der Waals surface area contributed by atoms with Gasteiger partial charge in [-0.25, -0.2) is 9.67 Å². The van der Waals surface area contributed by atoms with Gasteiger partial charge in [-0.15, -0.1) is 0 Å². The molecule has 0 bridgehead atoms.